The Balaban J connectivity index is 2.71. The topological polar surface area (TPSA) is 78.3 Å². The third kappa shape index (κ3) is 1.70. The molecule has 1 amide bonds. The van der Waals surface area contributed by atoms with Gasteiger partial charge in [0.15, 0.2) is 0 Å². The van der Waals surface area contributed by atoms with Gasteiger partial charge < -0.3 is 10.5 Å². The van der Waals surface area contributed by atoms with Gasteiger partial charge >= 0.3 is 0 Å². The van der Waals surface area contributed by atoms with Crippen molar-refractivity contribution in [2.45, 2.75) is 0 Å². The van der Waals surface area contributed by atoms with Crippen LogP contribution < -0.4 is 16.2 Å². The lowest BCUT2D eigenvalue weighted by atomic mass is 10.0. The van der Waals surface area contributed by atoms with Crippen molar-refractivity contribution in [3.8, 4) is 5.75 Å². The molecule has 82 valence electrons. The van der Waals surface area contributed by atoms with Crippen LogP contribution in [0.1, 0.15) is 10.4 Å². The molecule has 2 rings (SSSR count). The summed E-state index contributed by atoms with van der Waals surface area (Å²) in [5.74, 6) is 0.207. The average molecular weight is 216 g/mol. The van der Waals surface area contributed by atoms with Crippen LogP contribution in [0.3, 0.4) is 0 Å². The largest absolute Gasteiger partial charge is 0.478 e. The predicted molar refractivity (Wildman–Crippen MR) is 62.1 cm³/mol. The zero-order valence-corrected chi connectivity index (χ0v) is 8.64. The average Bonchev–Trinajstić information content (AvgIpc) is 2.29. The highest BCUT2D eigenvalue weighted by Gasteiger charge is 2.09. The summed E-state index contributed by atoms with van der Waals surface area (Å²) < 4.78 is 5.28. The van der Waals surface area contributed by atoms with E-state index in [-0.39, 0.29) is 6.73 Å². The molecule has 2 aromatic rings. The summed E-state index contributed by atoms with van der Waals surface area (Å²) in [5.41, 5.74) is 11.1. The minimum Gasteiger partial charge on any atom is -0.478 e. The summed E-state index contributed by atoms with van der Waals surface area (Å²) in [6.45, 7) is 0.0971. The van der Waals surface area contributed by atoms with E-state index in [0.717, 1.165) is 10.8 Å². The van der Waals surface area contributed by atoms with Crippen molar-refractivity contribution in [1.29, 1.82) is 0 Å². The Bertz CT molecular complexity index is 538. The number of ether oxygens (including phenoxy) is 1. The van der Waals surface area contributed by atoms with E-state index in [4.69, 9.17) is 16.2 Å². The fraction of sp³-hybridized carbons (Fsp3) is 0.0833. The maximum Gasteiger partial charge on any atom is 0.249 e. The SMILES string of the molecule is NCOc1ccc(C(N)=O)c2ccccc12. The molecule has 0 bridgehead atoms. The van der Waals surface area contributed by atoms with Crippen molar-refractivity contribution >= 4 is 16.7 Å². The van der Waals surface area contributed by atoms with Gasteiger partial charge in [0.1, 0.15) is 12.5 Å². The lowest BCUT2D eigenvalue weighted by molar-refractivity contribution is 0.100. The summed E-state index contributed by atoms with van der Waals surface area (Å²) in [6.07, 6.45) is 0. The Kier molecular flexibility index (Phi) is 2.74. The molecule has 0 unspecified atom stereocenters. The zero-order chi connectivity index (χ0) is 11.5. The van der Waals surface area contributed by atoms with Crippen LogP contribution in [-0.4, -0.2) is 12.6 Å². The smallest absolute Gasteiger partial charge is 0.249 e. The fourth-order valence-corrected chi connectivity index (χ4v) is 1.70. The third-order valence-corrected chi connectivity index (χ3v) is 2.39. The zero-order valence-electron chi connectivity index (χ0n) is 8.64. The molecule has 0 saturated heterocycles. The minimum atomic E-state index is -0.449. The number of nitrogens with two attached hydrogens (primary N) is 2. The number of hydrogen-bond acceptors (Lipinski definition) is 3. The van der Waals surface area contributed by atoms with E-state index < -0.39 is 5.91 Å². The Morgan fingerprint density at radius 3 is 2.44 bits per heavy atom. The van der Waals surface area contributed by atoms with Gasteiger partial charge in [-0.15, -0.1) is 0 Å². The fourth-order valence-electron chi connectivity index (χ4n) is 1.70. The lowest BCUT2D eigenvalue weighted by Gasteiger charge is -2.09. The second-order valence-electron chi connectivity index (χ2n) is 3.33. The molecular formula is C12H12N2O2. The van der Waals surface area contributed by atoms with E-state index in [9.17, 15) is 4.79 Å². The molecule has 0 fully saturated rings. The number of benzene rings is 2. The van der Waals surface area contributed by atoms with Crippen LogP contribution in [0.4, 0.5) is 0 Å². The van der Waals surface area contributed by atoms with Gasteiger partial charge in [-0.05, 0) is 17.5 Å². The van der Waals surface area contributed by atoms with Crippen molar-refractivity contribution < 1.29 is 9.53 Å². The van der Waals surface area contributed by atoms with Gasteiger partial charge in [-0.2, -0.15) is 0 Å². The first-order chi connectivity index (χ1) is 7.74. The second kappa shape index (κ2) is 4.20. The number of carbonyl (C=O) groups is 1. The molecule has 0 aliphatic carbocycles. The summed E-state index contributed by atoms with van der Waals surface area (Å²) >= 11 is 0. The van der Waals surface area contributed by atoms with Crippen molar-refractivity contribution in [1.82, 2.24) is 0 Å². The van der Waals surface area contributed by atoms with Crippen molar-refractivity contribution in [2.24, 2.45) is 11.5 Å². The number of primary amides is 1. The highest BCUT2D eigenvalue weighted by atomic mass is 16.5. The Labute approximate surface area is 92.8 Å². The number of rotatable bonds is 3. The van der Waals surface area contributed by atoms with Crippen molar-refractivity contribution in [3.05, 3.63) is 42.0 Å². The van der Waals surface area contributed by atoms with E-state index in [2.05, 4.69) is 0 Å². The van der Waals surface area contributed by atoms with Gasteiger partial charge in [0.25, 0.3) is 0 Å². The van der Waals surface area contributed by atoms with Crippen LogP contribution in [0.5, 0.6) is 5.75 Å². The van der Waals surface area contributed by atoms with Crippen LogP contribution in [0, 0.1) is 0 Å². The Morgan fingerprint density at radius 1 is 1.12 bits per heavy atom. The molecule has 0 radical (unpaired) electrons. The molecule has 2 aromatic carbocycles. The normalized spacial score (nSPS) is 10.3. The van der Waals surface area contributed by atoms with Crippen LogP contribution in [-0.2, 0) is 0 Å². The molecule has 4 nitrogen and oxygen atoms in total. The highest BCUT2D eigenvalue weighted by molar-refractivity contribution is 6.07. The summed E-state index contributed by atoms with van der Waals surface area (Å²) in [4.78, 5) is 11.2. The van der Waals surface area contributed by atoms with Crippen LogP contribution in [0.15, 0.2) is 36.4 Å². The number of fused-ring (bicyclic) bond motifs is 1. The lowest BCUT2D eigenvalue weighted by Crippen LogP contribution is -2.12. The molecule has 0 saturated carbocycles. The quantitative estimate of drug-likeness (QED) is 0.757. The molecule has 16 heavy (non-hydrogen) atoms. The first-order valence-electron chi connectivity index (χ1n) is 4.88. The van der Waals surface area contributed by atoms with Crippen LogP contribution in [0.25, 0.3) is 10.8 Å². The van der Waals surface area contributed by atoms with Gasteiger partial charge in [0, 0.05) is 10.9 Å². The Morgan fingerprint density at radius 2 is 1.81 bits per heavy atom. The minimum absolute atomic E-state index is 0.0971. The van der Waals surface area contributed by atoms with E-state index in [1.165, 1.54) is 0 Å². The van der Waals surface area contributed by atoms with E-state index in [0.29, 0.717) is 11.3 Å². The first-order valence-corrected chi connectivity index (χ1v) is 4.88. The van der Waals surface area contributed by atoms with Crippen molar-refractivity contribution in [2.75, 3.05) is 6.73 Å². The van der Waals surface area contributed by atoms with Gasteiger partial charge in [-0.25, -0.2) is 0 Å². The predicted octanol–water partition coefficient (Wildman–Crippen LogP) is 1.23. The number of hydrogen-bond donors (Lipinski definition) is 2. The maximum absolute atomic E-state index is 11.2. The van der Waals surface area contributed by atoms with Gasteiger partial charge in [0.05, 0.1) is 0 Å². The monoisotopic (exact) mass is 216 g/mol. The van der Waals surface area contributed by atoms with Crippen LogP contribution in [0.2, 0.25) is 0 Å². The van der Waals surface area contributed by atoms with E-state index >= 15 is 0 Å². The molecule has 4 heteroatoms. The molecule has 0 aliphatic rings. The van der Waals surface area contributed by atoms with Gasteiger partial charge in [-0.1, -0.05) is 24.3 Å². The third-order valence-electron chi connectivity index (χ3n) is 2.39. The number of carbonyl (C=O) groups excluding carboxylic acids is 1. The molecule has 0 heterocycles. The summed E-state index contributed by atoms with van der Waals surface area (Å²) in [5, 5.41) is 1.62. The van der Waals surface area contributed by atoms with E-state index in [1.54, 1.807) is 12.1 Å². The number of amides is 1. The first kappa shape index (κ1) is 10.4. The molecular weight excluding hydrogens is 204 g/mol. The van der Waals surface area contributed by atoms with E-state index in [1.807, 2.05) is 24.3 Å². The van der Waals surface area contributed by atoms with Crippen molar-refractivity contribution in [3.63, 3.8) is 0 Å². The second-order valence-corrected chi connectivity index (χ2v) is 3.33. The van der Waals surface area contributed by atoms with Gasteiger partial charge in [0.2, 0.25) is 5.91 Å². The van der Waals surface area contributed by atoms with Gasteiger partial charge in [-0.3, -0.25) is 10.5 Å². The highest BCUT2D eigenvalue weighted by Crippen LogP contribution is 2.28. The maximum atomic E-state index is 11.2. The standard InChI is InChI=1S/C12H12N2O2/c13-7-16-11-6-5-10(12(14)15)8-3-1-2-4-9(8)11/h1-6H,7,13H2,(H2,14,15). The summed E-state index contributed by atoms with van der Waals surface area (Å²) in [6, 6.07) is 10.8. The molecule has 0 aromatic heterocycles. The molecule has 4 N–H and O–H groups in total. The molecule has 0 spiro atoms. The molecule has 0 atom stereocenters. The summed E-state index contributed by atoms with van der Waals surface area (Å²) in [7, 11) is 0. The Hall–Kier alpha value is -2.07. The molecule has 0 aliphatic heterocycles. The van der Waals surface area contributed by atoms with Crippen LogP contribution >= 0.6 is 0 Å².